The van der Waals surface area contributed by atoms with Crippen molar-refractivity contribution in [2.24, 2.45) is 0 Å². The van der Waals surface area contributed by atoms with E-state index in [1.807, 2.05) is 0 Å². The molecule has 1 saturated heterocycles. The summed E-state index contributed by atoms with van der Waals surface area (Å²) in [5.41, 5.74) is 0.367. The third kappa shape index (κ3) is 3.12. The number of hydrogen-bond acceptors (Lipinski definition) is 4. The van der Waals surface area contributed by atoms with Crippen LogP contribution < -0.4 is 9.62 Å². The quantitative estimate of drug-likeness (QED) is 0.653. The van der Waals surface area contributed by atoms with E-state index in [0.29, 0.717) is 5.69 Å². The third-order valence-electron chi connectivity index (χ3n) is 3.04. The van der Waals surface area contributed by atoms with Gasteiger partial charge in [0.25, 0.3) is 0 Å². The second-order valence-corrected chi connectivity index (χ2v) is 6.34. The summed E-state index contributed by atoms with van der Waals surface area (Å²) < 4.78 is 26.3. The van der Waals surface area contributed by atoms with Crippen molar-refractivity contribution in [2.45, 2.75) is 30.7 Å². The molecule has 1 aromatic carbocycles. The predicted molar refractivity (Wildman–Crippen MR) is 76.8 cm³/mol. The molecule has 21 heavy (non-hydrogen) atoms. The molecule has 110 valence electrons. The maximum absolute atomic E-state index is 12.0. The Labute approximate surface area is 123 Å². The molecule has 0 spiro atoms. The van der Waals surface area contributed by atoms with Gasteiger partial charge in [0.1, 0.15) is 0 Å². The van der Waals surface area contributed by atoms with E-state index in [0.717, 1.165) is 4.90 Å². The number of carbonyl (C=O) groups excluding carboxylic acids is 2. The maximum Gasteiger partial charge on any atom is 0.241 e. The van der Waals surface area contributed by atoms with E-state index in [1.54, 1.807) is 6.92 Å². The fraction of sp³-hybridized carbons (Fsp3) is 0.286. The van der Waals surface area contributed by atoms with Gasteiger partial charge in [0, 0.05) is 12.8 Å². The van der Waals surface area contributed by atoms with Crippen LogP contribution in [0.15, 0.2) is 29.2 Å². The molecule has 0 aliphatic carbocycles. The maximum atomic E-state index is 12.0. The summed E-state index contributed by atoms with van der Waals surface area (Å²) in [6.07, 6.45) is 5.50. The van der Waals surface area contributed by atoms with Crippen LogP contribution in [0.3, 0.4) is 0 Å². The number of sulfonamides is 1. The molecule has 1 heterocycles. The molecule has 1 unspecified atom stereocenters. The van der Waals surface area contributed by atoms with Crippen molar-refractivity contribution in [3.63, 3.8) is 0 Å². The first-order valence-corrected chi connectivity index (χ1v) is 7.78. The highest BCUT2D eigenvalue weighted by Crippen LogP contribution is 2.23. The van der Waals surface area contributed by atoms with Crippen molar-refractivity contribution < 1.29 is 18.0 Å². The second kappa shape index (κ2) is 5.68. The van der Waals surface area contributed by atoms with Crippen LogP contribution in [0.2, 0.25) is 0 Å². The van der Waals surface area contributed by atoms with E-state index < -0.39 is 16.1 Å². The van der Waals surface area contributed by atoms with Gasteiger partial charge < -0.3 is 0 Å². The summed E-state index contributed by atoms with van der Waals surface area (Å²) in [6.45, 7) is 1.55. The largest absolute Gasteiger partial charge is 0.274 e. The summed E-state index contributed by atoms with van der Waals surface area (Å²) >= 11 is 0. The van der Waals surface area contributed by atoms with Crippen molar-refractivity contribution in [1.82, 2.24) is 4.72 Å². The van der Waals surface area contributed by atoms with E-state index in [4.69, 9.17) is 6.42 Å². The molecule has 1 N–H and O–H groups in total. The highest BCUT2D eigenvalue weighted by Gasteiger charge is 2.30. The topological polar surface area (TPSA) is 83.6 Å². The molecule has 0 bridgehead atoms. The van der Waals surface area contributed by atoms with E-state index in [-0.39, 0.29) is 29.6 Å². The van der Waals surface area contributed by atoms with Crippen LogP contribution in [0.25, 0.3) is 0 Å². The molecule has 0 radical (unpaired) electrons. The zero-order valence-electron chi connectivity index (χ0n) is 11.4. The number of imide groups is 1. The van der Waals surface area contributed by atoms with E-state index >= 15 is 0 Å². The van der Waals surface area contributed by atoms with E-state index in [2.05, 4.69) is 10.6 Å². The van der Waals surface area contributed by atoms with Crippen molar-refractivity contribution in [3.8, 4) is 12.3 Å². The normalized spacial score (nSPS) is 16.9. The van der Waals surface area contributed by atoms with Crippen LogP contribution in [0, 0.1) is 12.3 Å². The average Bonchev–Trinajstić information content (AvgIpc) is 2.78. The fourth-order valence-electron chi connectivity index (χ4n) is 1.97. The average molecular weight is 306 g/mol. The number of hydrogen-bond donors (Lipinski definition) is 1. The summed E-state index contributed by atoms with van der Waals surface area (Å²) in [5.74, 6) is 1.71. The Morgan fingerprint density at radius 2 is 1.71 bits per heavy atom. The molecule has 1 aliphatic heterocycles. The first kappa shape index (κ1) is 15.2. The summed E-state index contributed by atoms with van der Waals surface area (Å²) in [4.78, 5) is 24.3. The van der Waals surface area contributed by atoms with E-state index in [9.17, 15) is 18.0 Å². The SMILES string of the molecule is C#CC(C)NS(=O)(=O)c1ccc(N2C(=O)CCC2=O)cc1. The van der Waals surface area contributed by atoms with Gasteiger partial charge in [-0.1, -0.05) is 5.92 Å². The molecule has 6 nitrogen and oxygen atoms in total. The van der Waals surface area contributed by atoms with Gasteiger partial charge in [-0.2, -0.15) is 4.72 Å². The molecule has 0 aromatic heterocycles. The number of amides is 2. The van der Waals surface area contributed by atoms with Gasteiger partial charge in [0.15, 0.2) is 0 Å². The Balaban J connectivity index is 2.26. The van der Waals surface area contributed by atoms with Crippen LogP contribution in [-0.2, 0) is 19.6 Å². The van der Waals surface area contributed by atoms with Crippen LogP contribution in [0.1, 0.15) is 19.8 Å². The minimum absolute atomic E-state index is 0.0208. The lowest BCUT2D eigenvalue weighted by molar-refractivity contribution is -0.121. The lowest BCUT2D eigenvalue weighted by Crippen LogP contribution is -2.31. The summed E-state index contributed by atoms with van der Waals surface area (Å²) in [7, 11) is -3.72. The van der Waals surface area contributed by atoms with Crippen molar-refractivity contribution in [3.05, 3.63) is 24.3 Å². The Bertz CT molecular complexity index is 700. The number of rotatable bonds is 4. The van der Waals surface area contributed by atoms with Crippen LogP contribution in [0.5, 0.6) is 0 Å². The Kier molecular flexibility index (Phi) is 4.11. The lowest BCUT2D eigenvalue weighted by Gasteiger charge is -2.14. The first-order chi connectivity index (χ1) is 9.85. The zero-order valence-corrected chi connectivity index (χ0v) is 12.2. The van der Waals surface area contributed by atoms with E-state index in [1.165, 1.54) is 24.3 Å². The number of nitrogens with zero attached hydrogens (tertiary/aromatic N) is 1. The molecule has 1 aromatic rings. The minimum atomic E-state index is -3.72. The predicted octanol–water partition coefficient (Wildman–Crippen LogP) is 0.640. The fourth-order valence-corrected chi connectivity index (χ4v) is 3.14. The van der Waals surface area contributed by atoms with Crippen LogP contribution >= 0.6 is 0 Å². The van der Waals surface area contributed by atoms with Gasteiger partial charge in [-0.15, -0.1) is 6.42 Å². The Hall–Kier alpha value is -2.17. The van der Waals surface area contributed by atoms with Gasteiger partial charge in [-0.25, -0.2) is 8.42 Å². The van der Waals surface area contributed by atoms with Gasteiger partial charge >= 0.3 is 0 Å². The molecular formula is C14H14N2O4S. The number of nitrogens with one attached hydrogen (secondary N) is 1. The highest BCUT2D eigenvalue weighted by molar-refractivity contribution is 7.89. The zero-order chi connectivity index (χ0) is 15.6. The molecule has 2 amide bonds. The lowest BCUT2D eigenvalue weighted by atomic mass is 10.3. The molecule has 2 rings (SSSR count). The van der Waals surface area contributed by atoms with Crippen LogP contribution in [-0.4, -0.2) is 26.3 Å². The highest BCUT2D eigenvalue weighted by atomic mass is 32.2. The molecular weight excluding hydrogens is 292 g/mol. The third-order valence-corrected chi connectivity index (χ3v) is 4.60. The van der Waals surface area contributed by atoms with Gasteiger partial charge in [0.05, 0.1) is 16.6 Å². The van der Waals surface area contributed by atoms with Crippen LogP contribution in [0.4, 0.5) is 5.69 Å². The monoisotopic (exact) mass is 306 g/mol. The van der Waals surface area contributed by atoms with Crippen molar-refractivity contribution >= 4 is 27.5 Å². The van der Waals surface area contributed by atoms with Crippen molar-refractivity contribution in [2.75, 3.05) is 4.90 Å². The minimum Gasteiger partial charge on any atom is -0.274 e. The standard InChI is InChI=1S/C14H14N2O4S/c1-3-10(2)15-21(19,20)12-6-4-11(5-7-12)16-13(17)8-9-14(16)18/h1,4-7,10,15H,8-9H2,2H3. The first-order valence-electron chi connectivity index (χ1n) is 6.29. The number of carbonyl (C=O) groups is 2. The molecule has 7 heteroatoms. The number of anilines is 1. The Morgan fingerprint density at radius 1 is 1.19 bits per heavy atom. The van der Waals surface area contributed by atoms with Gasteiger partial charge in [-0.3, -0.25) is 14.5 Å². The summed E-state index contributed by atoms with van der Waals surface area (Å²) in [6, 6.07) is 4.89. The summed E-state index contributed by atoms with van der Waals surface area (Å²) in [5, 5.41) is 0. The number of terminal acetylenes is 1. The van der Waals surface area contributed by atoms with Crippen molar-refractivity contribution in [1.29, 1.82) is 0 Å². The van der Waals surface area contributed by atoms with Gasteiger partial charge in [0.2, 0.25) is 21.8 Å². The molecule has 1 fully saturated rings. The molecule has 0 saturated carbocycles. The molecule has 1 atom stereocenters. The Morgan fingerprint density at radius 3 is 2.19 bits per heavy atom. The molecule has 1 aliphatic rings. The smallest absolute Gasteiger partial charge is 0.241 e. The number of benzene rings is 1. The second-order valence-electron chi connectivity index (χ2n) is 4.63. The van der Waals surface area contributed by atoms with Gasteiger partial charge in [-0.05, 0) is 31.2 Å².